The van der Waals surface area contributed by atoms with Gasteiger partial charge in [0.1, 0.15) is 5.58 Å². The number of nitrogens with zero attached hydrogens (tertiary/aromatic N) is 1. The minimum atomic E-state index is -0.518. The molecule has 65 heavy (non-hydrogen) atoms. The smallest absolute Gasteiger partial charge is 0.159 e. The summed E-state index contributed by atoms with van der Waals surface area (Å²) < 4.78 is 6.91. The molecule has 306 valence electrons. The average Bonchev–Trinajstić information content (AvgIpc) is 4.00. The van der Waals surface area contributed by atoms with Crippen molar-refractivity contribution in [1.82, 2.24) is 0 Å². The van der Waals surface area contributed by atoms with Crippen molar-refractivity contribution in [3.63, 3.8) is 0 Å². The molecule has 0 spiro atoms. The number of hydrogen-bond acceptors (Lipinski definition) is 2. The minimum Gasteiger partial charge on any atom is -0.454 e. The zero-order chi connectivity index (χ0) is 43.1. The normalized spacial score (nSPS) is 15.3. The molecular formula is C63H43NO. The van der Waals surface area contributed by atoms with Crippen LogP contribution in [0.3, 0.4) is 0 Å². The number of benzene rings is 10. The van der Waals surface area contributed by atoms with Crippen LogP contribution in [0.15, 0.2) is 247 Å². The van der Waals surface area contributed by atoms with Gasteiger partial charge in [-0.2, -0.15) is 0 Å². The zero-order valence-electron chi connectivity index (χ0n) is 35.9. The standard InChI is InChI=1S/C63H43NO/c1-62(42-21-5-2-6-22-42)53-33-15-11-27-46(53)47-40-39-45(41-56(47)62)64(58-37-20-32-51-49-29-14-18-38-59(49)65-61(51)58)57-36-17-13-28-48(57)50-31-19-35-55-60(50)52-30-12-16-34-54(52)63(55,43-23-7-3-8-24-43)44-25-9-4-10-26-44/h2-41H,1H3. The first-order valence-electron chi connectivity index (χ1n) is 22.6. The number of para-hydroxylation sites is 3. The fraction of sp³-hybridized carbons (Fsp3) is 0.0476. The van der Waals surface area contributed by atoms with Crippen molar-refractivity contribution in [1.29, 1.82) is 0 Å². The van der Waals surface area contributed by atoms with Gasteiger partial charge in [0.2, 0.25) is 0 Å². The van der Waals surface area contributed by atoms with Crippen LogP contribution in [0, 0.1) is 0 Å². The molecule has 2 aliphatic carbocycles. The second kappa shape index (κ2) is 14.4. The van der Waals surface area contributed by atoms with Gasteiger partial charge in [0.05, 0.1) is 16.8 Å². The second-order valence-corrected chi connectivity index (χ2v) is 17.6. The Morgan fingerprint density at radius 2 is 0.877 bits per heavy atom. The van der Waals surface area contributed by atoms with Crippen LogP contribution in [0.25, 0.3) is 55.3 Å². The molecule has 1 atom stereocenters. The van der Waals surface area contributed by atoms with E-state index in [4.69, 9.17) is 4.42 Å². The predicted octanol–water partition coefficient (Wildman–Crippen LogP) is 16.4. The van der Waals surface area contributed by atoms with Crippen molar-refractivity contribution >= 4 is 39.0 Å². The van der Waals surface area contributed by atoms with E-state index in [1.165, 1.54) is 66.8 Å². The van der Waals surface area contributed by atoms with Crippen LogP contribution in [0.2, 0.25) is 0 Å². The molecule has 0 radical (unpaired) electrons. The Balaban J connectivity index is 1.10. The van der Waals surface area contributed by atoms with Crippen molar-refractivity contribution in [3.8, 4) is 33.4 Å². The van der Waals surface area contributed by atoms with E-state index < -0.39 is 5.41 Å². The van der Waals surface area contributed by atoms with Gasteiger partial charge in [0.15, 0.2) is 5.58 Å². The van der Waals surface area contributed by atoms with Crippen molar-refractivity contribution in [2.24, 2.45) is 0 Å². The molecule has 0 amide bonds. The van der Waals surface area contributed by atoms with Gasteiger partial charge in [-0.25, -0.2) is 0 Å². The highest BCUT2D eigenvalue weighted by Gasteiger charge is 2.47. The van der Waals surface area contributed by atoms with Crippen LogP contribution in [-0.4, -0.2) is 0 Å². The number of furan rings is 1. The fourth-order valence-corrected chi connectivity index (χ4v) is 11.6. The maximum Gasteiger partial charge on any atom is 0.159 e. The summed E-state index contributed by atoms with van der Waals surface area (Å²) in [5.41, 5.74) is 20.3. The van der Waals surface area contributed by atoms with Crippen LogP contribution < -0.4 is 4.90 Å². The highest BCUT2D eigenvalue weighted by molar-refractivity contribution is 6.11. The lowest BCUT2D eigenvalue weighted by molar-refractivity contribution is 0.669. The summed E-state index contributed by atoms with van der Waals surface area (Å²) in [6.07, 6.45) is 0. The summed E-state index contributed by atoms with van der Waals surface area (Å²) in [7, 11) is 0. The highest BCUT2D eigenvalue weighted by atomic mass is 16.3. The van der Waals surface area contributed by atoms with E-state index in [1.54, 1.807) is 0 Å². The first-order chi connectivity index (χ1) is 32.2. The molecule has 10 aromatic carbocycles. The van der Waals surface area contributed by atoms with Crippen LogP contribution >= 0.6 is 0 Å². The molecule has 0 saturated carbocycles. The Hall–Kier alpha value is -8.20. The first kappa shape index (κ1) is 37.4. The first-order valence-corrected chi connectivity index (χ1v) is 22.6. The molecule has 0 aliphatic heterocycles. The van der Waals surface area contributed by atoms with Crippen LogP contribution in [0.1, 0.15) is 45.9 Å². The Bertz CT molecular complexity index is 3580. The Kier molecular flexibility index (Phi) is 8.29. The monoisotopic (exact) mass is 829 g/mol. The van der Waals surface area contributed by atoms with E-state index in [2.05, 4.69) is 254 Å². The molecule has 11 aromatic rings. The summed E-state index contributed by atoms with van der Waals surface area (Å²) in [6, 6.07) is 89.1. The van der Waals surface area contributed by atoms with Crippen LogP contribution in [0.4, 0.5) is 17.1 Å². The van der Waals surface area contributed by atoms with E-state index in [-0.39, 0.29) is 5.41 Å². The quantitative estimate of drug-likeness (QED) is 0.159. The van der Waals surface area contributed by atoms with E-state index in [0.717, 1.165) is 44.6 Å². The van der Waals surface area contributed by atoms with Crippen molar-refractivity contribution in [2.75, 3.05) is 4.90 Å². The van der Waals surface area contributed by atoms with Gasteiger partial charge in [-0.3, -0.25) is 0 Å². The van der Waals surface area contributed by atoms with Gasteiger partial charge < -0.3 is 9.32 Å². The van der Waals surface area contributed by atoms with Gasteiger partial charge in [0, 0.05) is 27.4 Å². The molecule has 1 heterocycles. The third kappa shape index (κ3) is 5.29. The topological polar surface area (TPSA) is 16.4 Å². The van der Waals surface area contributed by atoms with Crippen molar-refractivity contribution in [3.05, 3.63) is 282 Å². The Morgan fingerprint density at radius 3 is 1.63 bits per heavy atom. The lowest BCUT2D eigenvalue weighted by Crippen LogP contribution is -2.28. The second-order valence-electron chi connectivity index (χ2n) is 17.6. The van der Waals surface area contributed by atoms with E-state index in [9.17, 15) is 0 Å². The van der Waals surface area contributed by atoms with Crippen LogP contribution in [0.5, 0.6) is 0 Å². The molecule has 0 bridgehead atoms. The maximum atomic E-state index is 6.91. The summed E-state index contributed by atoms with van der Waals surface area (Å²) >= 11 is 0. The summed E-state index contributed by atoms with van der Waals surface area (Å²) in [4.78, 5) is 2.45. The molecule has 0 N–H and O–H groups in total. The number of rotatable bonds is 7. The zero-order valence-corrected chi connectivity index (χ0v) is 35.9. The van der Waals surface area contributed by atoms with E-state index in [0.29, 0.717) is 0 Å². The third-order valence-corrected chi connectivity index (χ3v) is 14.4. The summed E-state index contributed by atoms with van der Waals surface area (Å²) in [5, 5.41) is 2.20. The fourth-order valence-electron chi connectivity index (χ4n) is 11.6. The lowest BCUT2D eigenvalue weighted by atomic mass is 9.67. The van der Waals surface area contributed by atoms with Crippen molar-refractivity contribution < 1.29 is 4.42 Å². The molecule has 1 unspecified atom stereocenters. The average molecular weight is 830 g/mol. The Morgan fingerprint density at radius 1 is 0.354 bits per heavy atom. The maximum absolute atomic E-state index is 6.91. The summed E-state index contributed by atoms with van der Waals surface area (Å²) in [6.45, 7) is 2.39. The van der Waals surface area contributed by atoms with Gasteiger partial charge in [-0.15, -0.1) is 0 Å². The highest BCUT2D eigenvalue weighted by Crippen LogP contribution is 2.60. The third-order valence-electron chi connectivity index (χ3n) is 14.4. The molecule has 0 saturated heterocycles. The number of anilines is 3. The Labute approximate surface area is 379 Å². The lowest BCUT2D eigenvalue weighted by Gasteiger charge is -2.34. The van der Waals surface area contributed by atoms with Gasteiger partial charge in [-0.1, -0.05) is 212 Å². The van der Waals surface area contributed by atoms with Crippen LogP contribution in [-0.2, 0) is 10.8 Å². The molecule has 2 nitrogen and oxygen atoms in total. The molecule has 2 heteroatoms. The largest absolute Gasteiger partial charge is 0.454 e. The predicted molar refractivity (Wildman–Crippen MR) is 269 cm³/mol. The molecule has 2 aliphatic rings. The molecular weight excluding hydrogens is 787 g/mol. The van der Waals surface area contributed by atoms with E-state index >= 15 is 0 Å². The SMILES string of the molecule is CC1(c2ccccc2)c2ccccc2-c2ccc(N(c3ccccc3-c3cccc4c3-c3ccccc3C4(c3ccccc3)c3ccccc3)c3cccc4c3oc3ccccc34)cc21. The van der Waals surface area contributed by atoms with Gasteiger partial charge in [-0.05, 0) is 104 Å². The molecule has 1 aromatic heterocycles. The van der Waals surface area contributed by atoms with Gasteiger partial charge in [0.25, 0.3) is 0 Å². The van der Waals surface area contributed by atoms with Crippen molar-refractivity contribution in [2.45, 2.75) is 17.8 Å². The number of fused-ring (bicyclic) bond motifs is 9. The summed E-state index contributed by atoms with van der Waals surface area (Å²) in [5.74, 6) is 0. The van der Waals surface area contributed by atoms with E-state index in [1.807, 2.05) is 0 Å². The molecule has 13 rings (SSSR count). The minimum absolute atomic E-state index is 0.373. The number of hydrogen-bond donors (Lipinski definition) is 0. The van der Waals surface area contributed by atoms with Gasteiger partial charge >= 0.3 is 0 Å². The molecule has 0 fully saturated rings.